The number of nitrogens with zero attached hydrogens (tertiary/aromatic N) is 4. The highest BCUT2D eigenvalue weighted by molar-refractivity contribution is 6.39. The Hall–Kier alpha value is -3.97. The Labute approximate surface area is 191 Å². The van der Waals surface area contributed by atoms with Crippen molar-refractivity contribution in [2.45, 2.75) is 37.6 Å². The highest BCUT2D eigenvalue weighted by Gasteiger charge is 2.45. The van der Waals surface area contributed by atoms with Crippen LogP contribution in [0.4, 0.5) is 13.2 Å². The van der Waals surface area contributed by atoms with Crippen LogP contribution in [0.5, 0.6) is 0 Å². The fourth-order valence-electron chi connectivity index (χ4n) is 3.46. The van der Waals surface area contributed by atoms with Crippen LogP contribution in [0.25, 0.3) is 0 Å². The van der Waals surface area contributed by atoms with Crippen LogP contribution in [0.3, 0.4) is 0 Å². The number of carbonyl (C=O) groups excluding carboxylic acids is 2. The maximum atomic E-state index is 12.6. The number of likely N-dealkylation sites (tertiary alicyclic amines) is 1. The van der Waals surface area contributed by atoms with Crippen molar-refractivity contribution in [1.29, 1.82) is 0 Å². The Morgan fingerprint density at radius 3 is 2.53 bits per heavy atom. The van der Waals surface area contributed by atoms with Crippen LogP contribution in [-0.2, 0) is 21.0 Å². The molecule has 0 saturated carbocycles. The summed E-state index contributed by atoms with van der Waals surface area (Å²) in [7, 11) is 0. The molecular formula is C20H21F3N6O5. The Kier molecular flexibility index (Phi) is 7.48. The van der Waals surface area contributed by atoms with E-state index in [1.165, 1.54) is 0 Å². The molecule has 0 aromatic carbocycles. The Morgan fingerprint density at radius 2 is 1.91 bits per heavy atom. The van der Waals surface area contributed by atoms with Crippen LogP contribution >= 0.6 is 0 Å². The molecule has 2 aliphatic rings. The van der Waals surface area contributed by atoms with Gasteiger partial charge in [-0.25, -0.2) is 4.79 Å². The van der Waals surface area contributed by atoms with E-state index in [1.807, 2.05) is 12.1 Å². The molecule has 4 heterocycles. The van der Waals surface area contributed by atoms with Gasteiger partial charge >= 0.3 is 12.1 Å². The number of hydrogen-bond donors (Lipinski definition) is 3. The number of aliphatic carboxylic acids is 1. The third-order valence-corrected chi connectivity index (χ3v) is 5.10. The predicted octanol–water partition coefficient (Wildman–Crippen LogP) is 1.51. The summed E-state index contributed by atoms with van der Waals surface area (Å²) in [6, 6.07) is 5.33. The summed E-state index contributed by atoms with van der Waals surface area (Å²) in [6.07, 6.45) is 1.76. The third-order valence-electron chi connectivity index (χ3n) is 5.10. The van der Waals surface area contributed by atoms with Gasteiger partial charge in [-0.3, -0.25) is 19.7 Å². The molecule has 2 aromatic heterocycles. The van der Waals surface area contributed by atoms with E-state index in [0.717, 1.165) is 18.4 Å². The van der Waals surface area contributed by atoms with Gasteiger partial charge < -0.3 is 20.2 Å². The lowest BCUT2D eigenvalue weighted by molar-refractivity contribution is -0.192. The number of carboxylic acid groups (broad SMARTS) is 1. The van der Waals surface area contributed by atoms with Gasteiger partial charge in [0.15, 0.2) is 5.60 Å². The zero-order chi connectivity index (χ0) is 24.8. The summed E-state index contributed by atoms with van der Waals surface area (Å²) >= 11 is 0. The zero-order valence-electron chi connectivity index (χ0n) is 17.7. The van der Waals surface area contributed by atoms with E-state index in [9.17, 15) is 22.8 Å². The fourth-order valence-corrected chi connectivity index (χ4v) is 3.46. The predicted molar refractivity (Wildman–Crippen MR) is 109 cm³/mol. The van der Waals surface area contributed by atoms with E-state index < -0.39 is 17.7 Å². The van der Waals surface area contributed by atoms with Gasteiger partial charge in [-0.05, 0) is 36.6 Å². The first kappa shape index (κ1) is 24.7. The lowest BCUT2D eigenvalue weighted by Crippen LogP contribution is -2.51. The minimum atomic E-state index is -5.08. The minimum Gasteiger partial charge on any atom is -0.475 e. The van der Waals surface area contributed by atoms with E-state index in [0.29, 0.717) is 37.5 Å². The number of pyridine rings is 1. The smallest absolute Gasteiger partial charge is 0.475 e. The first-order chi connectivity index (χ1) is 16.1. The molecule has 14 heteroatoms. The Bertz CT molecular complexity index is 1040. The third kappa shape index (κ3) is 6.30. The van der Waals surface area contributed by atoms with Crippen molar-refractivity contribution in [2.24, 2.45) is 5.16 Å². The molecule has 1 spiro atoms. The largest absolute Gasteiger partial charge is 0.490 e. The molecule has 0 radical (unpaired) electrons. The summed E-state index contributed by atoms with van der Waals surface area (Å²) in [4.78, 5) is 45.2. The number of rotatable bonds is 4. The number of piperidine rings is 1. The highest BCUT2D eigenvalue weighted by atomic mass is 19.4. The monoisotopic (exact) mass is 482 g/mol. The van der Waals surface area contributed by atoms with Gasteiger partial charge in [0.2, 0.25) is 0 Å². The molecule has 11 nitrogen and oxygen atoms in total. The minimum absolute atomic E-state index is 0.120. The number of H-pyrrole nitrogens is 1. The van der Waals surface area contributed by atoms with E-state index in [4.69, 9.17) is 14.7 Å². The number of aromatic amines is 1. The van der Waals surface area contributed by atoms with Crippen molar-refractivity contribution in [3.8, 4) is 0 Å². The average Bonchev–Trinajstić information content (AvgIpc) is 3.48. The van der Waals surface area contributed by atoms with Gasteiger partial charge in [-0.1, -0.05) is 5.16 Å². The van der Waals surface area contributed by atoms with Crippen LogP contribution < -0.4 is 5.32 Å². The van der Waals surface area contributed by atoms with Crippen molar-refractivity contribution >= 4 is 23.5 Å². The maximum Gasteiger partial charge on any atom is 0.490 e. The molecule has 0 bridgehead atoms. The average molecular weight is 482 g/mol. The lowest BCUT2D eigenvalue weighted by atomic mass is 9.88. The van der Waals surface area contributed by atoms with Crippen LogP contribution in [0.15, 0.2) is 41.9 Å². The Balaban J connectivity index is 0.000000406. The number of amides is 2. The molecule has 2 aromatic rings. The van der Waals surface area contributed by atoms with Crippen molar-refractivity contribution in [3.63, 3.8) is 0 Å². The number of oxime groups is 1. The number of aromatic nitrogens is 3. The summed E-state index contributed by atoms with van der Waals surface area (Å²) in [5, 5.41) is 20.5. The second-order valence-electron chi connectivity index (χ2n) is 7.63. The van der Waals surface area contributed by atoms with Gasteiger partial charge in [0.05, 0.1) is 6.54 Å². The van der Waals surface area contributed by atoms with Crippen LogP contribution in [-0.4, -0.2) is 73.5 Å². The molecular weight excluding hydrogens is 461 g/mol. The van der Waals surface area contributed by atoms with Crippen molar-refractivity contribution in [2.75, 3.05) is 13.1 Å². The molecule has 2 amide bonds. The molecule has 4 rings (SSSR count). The van der Waals surface area contributed by atoms with Crippen molar-refractivity contribution in [1.82, 2.24) is 25.4 Å². The SMILES string of the molecule is O=C(NCc1ccncc1)C1=NOC2(CCCN(C(=O)c3ccn[nH]3)C2)C1.O=C(O)C(F)(F)F. The fraction of sp³-hybridized carbons (Fsp3) is 0.400. The molecule has 2 aliphatic heterocycles. The first-order valence-corrected chi connectivity index (χ1v) is 10.1. The molecule has 1 unspecified atom stereocenters. The summed E-state index contributed by atoms with van der Waals surface area (Å²) in [6.45, 7) is 1.44. The van der Waals surface area contributed by atoms with Crippen LogP contribution in [0.1, 0.15) is 35.3 Å². The molecule has 34 heavy (non-hydrogen) atoms. The number of carboxylic acids is 1. The quantitative estimate of drug-likeness (QED) is 0.598. The second kappa shape index (κ2) is 10.3. The van der Waals surface area contributed by atoms with Crippen molar-refractivity contribution < 1.29 is 37.5 Å². The maximum absolute atomic E-state index is 12.6. The van der Waals surface area contributed by atoms with Gasteiger partial charge in [-0.2, -0.15) is 18.3 Å². The van der Waals surface area contributed by atoms with Gasteiger partial charge in [-0.15, -0.1) is 0 Å². The standard InChI is InChI=1S/C18H20N6O3.C2HF3O2/c25-16(20-11-13-2-6-19-7-3-13)15-10-18(27-23-15)5-1-9-24(12-18)17(26)14-4-8-21-22-14;3-2(4,5)1(6)7/h2-4,6-8H,1,5,9-12H2,(H,20,25)(H,21,22);(H,6,7). The number of alkyl halides is 3. The van der Waals surface area contributed by atoms with Crippen LogP contribution in [0, 0.1) is 0 Å². The topological polar surface area (TPSA) is 150 Å². The number of carbonyl (C=O) groups is 3. The van der Waals surface area contributed by atoms with Gasteiger partial charge in [0.1, 0.15) is 11.4 Å². The molecule has 1 atom stereocenters. The first-order valence-electron chi connectivity index (χ1n) is 10.1. The van der Waals surface area contributed by atoms with E-state index in [1.54, 1.807) is 29.6 Å². The number of nitrogens with one attached hydrogen (secondary N) is 2. The van der Waals surface area contributed by atoms with Gasteiger partial charge in [0, 0.05) is 38.1 Å². The Morgan fingerprint density at radius 1 is 1.21 bits per heavy atom. The molecule has 182 valence electrons. The van der Waals surface area contributed by atoms with Gasteiger partial charge in [0.25, 0.3) is 11.8 Å². The normalized spacial score (nSPS) is 19.5. The number of hydrogen-bond acceptors (Lipinski definition) is 7. The highest BCUT2D eigenvalue weighted by Crippen LogP contribution is 2.34. The van der Waals surface area contributed by atoms with Crippen molar-refractivity contribution in [3.05, 3.63) is 48.0 Å². The molecule has 1 saturated heterocycles. The zero-order valence-corrected chi connectivity index (χ0v) is 17.7. The van der Waals surface area contributed by atoms with E-state index in [2.05, 4.69) is 25.7 Å². The second-order valence-corrected chi connectivity index (χ2v) is 7.63. The van der Waals surface area contributed by atoms with Crippen LogP contribution in [0.2, 0.25) is 0 Å². The van der Waals surface area contributed by atoms with E-state index in [-0.39, 0.29) is 11.8 Å². The lowest BCUT2D eigenvalue weighted by Gasteiger charge is -2.37. The van der Waals surface area contributed by atoms with E-state index >= 15 is 0 Å². The number of halogens is 3. The summed E-state index contributed by atoms with van der Waals surface area (Å²) in [5.41, 5.74) is 1.14. The molecule has 1 fully saturated rings. The summed E-state index contributed by atoms with van der Waals surface area (Å²) in [5.74, 6) is -3.13. The molecule has 3 N–H and O–H groups in total. The molecule has 0 aliphatic carbocycles. The summed E-state index contributed by atoms with van der Waals surface area (Å²) < 4.78 is 31.7.